The Balaban J connectivity index is 2.34. The molecule has 1 aliphatic rings. The number of nitrogens with zero attached hydrogens (tertiary/aromatic N) is 1. The van der Waals surface area contributed by atoms with E-state index in [1.165, 1.54) is 16.4 Å². The predicted octanol–water partition coefficient (Wildman–Crippen LogP) is 3.30. The van der Waals surface area contributed by atoms with E-state index in [9.17, 15) is 13.9 Å². The molecule has 0 aliphatic carbocycles. The smallest absolute Gasteiger partial charge is 0.337 e. The summed E-state index contributed by atoms with van der Waals surface area (Å²) in [7, 11) is -2.80. The van der Waals surface area contributed by atoms with Gasteiger partial charge in [-0.05, 0) is 31.0 Å². The van der Waals surface area contributed by atoms with Gasteiger partial charge in [0.1, 0.15) is 0 Å². The summed E-state index contributed by atoms with van der Waals surface area (Å²) in [6.07, 6.45) is 1.65. The summed E-state index contributed by atoms with van der Waals surface area (Å²) in [5, 5.41) is 8.98. The molecule has 0 spiro atoms. The van der Waals surface area contributed by atoms with E-state index in [2.05, 4.69) is 0 Å². The van der Waals surface area contributed by atoms with Crippen LogP contribution in [-0.4, -0.2) is 32.5 Å². The van der Waals surface area contributed by atoms with Crippen molar-refractivity contribution in [1.29, 1.82) is 0 Å². The lowest BCUT2D eigenvalue weighted by molar-refractivity contribution is 0.0697. The minimum atomic E-state index is -2.80. The zero-order chi connectivity index (χ0) is 13.3. The third kappa shape index (κ3) is 2.56. The van der Waals surface area contributed by atoms with Gasteiger partial charge in [-0.3, -0.25) is 13.4 Å². The largest absolute Gasteiger partial charge is 0.478 e. The standard InChI is InChI=1S/C11H14ClNO4S/c12-10-7-8(3-4-9(10)11(14)15)13-5-1-2-6-18(13,16)17/h3-4,7,16-17H,1-2,5-6H2,(H,14,15). The number of carbonyl (C=O) groups is 1. The average Bonchev–Trinajstić information content (AvgIpc) is 2.27. The second kappa shape index (κ2) is 4.97. The van der Waals surface area contributed by atoms with Gasteiger partial charge in [0.2, 0.25) is 0 Å². The maximum absolute atomic E-state index is 10.8. The molecule has 1 aromatic carbocycles. The molecule has 3 N–H and O–H groups in total. The lowest BCUT2D eigenvalue weighted by Crippen LogP contribution is -2.34. The first-order chi connectivity index (χ1) is 8.42. The van der Waals surface area contributed by atoms with Gasteiger partial charge in [-0.2, -0.15) is 0 Å². The number of benzene rings is 1. The van der Waals surface area contributed by atoms with Crippen molar-refractivity contribution in [3.8, 4) is 0 Å². The molecule has 0 amide bonds. The van der Waals surface area contributed by atoms with E-state index < -0.39 is 16.7 Å². The lowest BCUT2D eigenvalue weighted by atomic mass is 10.2. The van der Waals surface area contributed by atoms with Gasteiger partial charge in [-0.1, -0.05) is 11.6 Å². The number of aromatic carboxylic acids is 1. The number of halogens is 1. The zero-order valence-electron chi connectivity index (χ0n) is 9.54. The number of carboxylic acid groups (broad SMARTS) is 1. The van der Waals surface area contributed by atoms with E-state index in [1.807, 2.05) is 0 Å². The van der Waals surface area contributed by atoms with Crippen LogP contribution in [-0.2, 0) is 0 Å². The van der Waals surface area contributed by atoms with Crippen LogP contribution >= 0.6 is 22.4 Å². The molecule has 1 heterocycles. The SMILES string of the molecule is O=C(O)c1ccc(N2CCCCS2(O)O)cc1Cl. The highest BCUT2D eigenvalue weighted by Crippen LogP contribution is 2.49. The second-order valence-electron chi connectivity index (χ2n) is 4.11. The fraction of sp³-hybridized carbons (Fsp3) is 0.364. The van der Waals surface area contributed by atoms with Gasteiger partial charge >= 0.3 is 5.97 Å². The van der Waals surface area contributed by atoms with Crippen molar-refractivity contribution < 1.29 is 19.0 Å². The molecule has 0 aromatic heterocycles. The van der Waals surface area contributed by atoms with Crippen LogP contribution in [0.25, 0.3) is 0 Å². The van der Waals surface area contributed by atoms with Crippen molar-refractivity contribution >= 4 is 34.0 Å². The lowest BCUT2D eigenvalue weighted by Gasteiger charge is -2.47. The normalized spacial score (nSPS) is 20.5. The average molecular weight is 292 g/mol. The minimum Gasteiger partial charge on any atom is -0.478 e. The Morgan fingerprint density at radius 1 is 1.33 bits per heavy atom. The monoisotopic (exact) mass is 291 g/mol. The highest BCUT2D eigenvalue weighted by atomic mass is 35.5. The number of hydrogen-bond acceptors (Lipinski definition) is 4. The van der Waals surface area contributed by atoms with E-state index in [1.54, 1.807) is 6.07 Å². The van der Waals surface area contributed by atoms with Crippen molar-refractivity contribution in [2.24, 2.45) is 0 Å². The molecule has 1 saturated heterocycles. The fourth-order valence-electron chi connectivity index (χ4n) is 1.94. The predicted molar refractivity (Wildman–Crippen MR) is 72.7 cm³/mol. The fourth-order valence-corrected chi connectivity index (χ4v) is 3.88. The van der Waals surface area contributed by atoms with E-state index in [0.29, 0.717) is 18.0 Å². The number of anilines is 1. The Kier molecular flexibility index (Phi) is 3.72. The first-order valence-electron chi connectivity index (χ1n) is 5.48. The Morgan fingerprint density at radius 3 is 2.61 bits per heavy atom. The molecule has 1 aliphatic heterocycles. The summed E-state index contributed by atoms with van der Waals surface area (Å²) in [5.74, 6) is -0.762. The number of carboxylic acids is 1. The molecule has 0 bridgehead atoms. The number of rotatable bonds is 2. The molecular weight excluding hydrogens is 278 g/mol. The molecule has 0 atom stereocenters. The van der Waals surface area contributed by atoms with Crippen molar-refractivity contribution in [3.05, 3.63) is 28.8 Å². The maximum atomic E-state index is 10.8. The first-order valence-corrected chi connectivity index (χ1v) is 7.53. The van der Waals surface area contributed by atoms with Crippen molar-refractivity contribution in [1.82, 2.24) is 0 Å². The zero-order valence-corrected chi connectivity index (χ0v) is 11.1. The van der Waals surface area contributed by atoms with E-state index in [-0.39, 0.29) is 10.6 Å². The summed E-state index contributed by atoms with van der Waals surface area (Å²) >= 11 is 5.88. The Morgan fingerprint density at radius 2 is 2.06 bits per heavy atom. The highest BCUT2D eigenvalue weighted by molar-refractivity contribution is 8.25. The van der Waals surface area contributed by atoms with Gasteiger partial charge in [-0.15, -0.1) is 10.8 Å². The third-order valence-electron chi connectivity index (χ3n) is 2.85. The molecule has 7 heteroatoms. The Labute approximate surface area is 111 Å². The van der Waals surface area contributed by atoms with Crippen LogP contribution in [0, 0.1) is 0 Å². The molecule has 2 rings (SSSR count). The van der Waals surface area contributed by atoms with Crippen LogP contribution in [0.2, 0.25) is 5.02 Å². The molecule has 0 saturated carbocycles. The van der Waals surface area contributed by atoms with Crippen molar-refractivity contribution in [2.75, 3.05) is 16.6 Å². The van der Waals surface area contributed by atoms with Gasteiger partial charge in [0.25, 0.3) is 0 Å². The van der Waals surface area contributed by atoms with E-state index in [0.717, 1.165) is 12.8 Å². The third-order valence-corrected chi connectivity index (χ3v) is 5.10. The van der Waals surface area contributed by atoms with Crippen LogP contribution in [0.5, 0.6) is 0 Å². The highest BCUT2D eigenvalue weighted by Gasteiger charge is 2.27. The molecule has 0 unspecified atom stereocenters. The number of hydrogen-bond donors (Lipinski definition) is 3. The Bertz CT molecular complexity index is 480. The molecular formula is C11H14ClNO4S. The van der Waals surface area contributed by atoms with Crippen LogP contribution < -0.4 is 4.31 Å². The van der Waals surface area contributed by atoms with Crippen molar-refractivity contribution in [3.63, 3.8) is 0 Å². The van der Waals surface area contributed by atoms with Crippen LogP contribution in [0.4, 0.5) is 5.69 Å². The molecule has 1 fully saturated rings. The summed E-state index contributed by atoms with van der Waals surface area (Å²) in [5.41, 5.74) is 0.554. The molecule has 100 valence electrons. The minimum absolute atomic E-state index is 0.00825. The summed E-state index contributed by atoms with van der Waals surface area (Å²) < 4.78 is 21.4. The van der Waals surface area contributed by atoms with Crippen molar-refractivity contribution in [2.45, 2.75) is 12.8 Å². The maximum Gasteiger partial charge on any atom is 0.337 e. The quantitative estimate of drug-likeness (QED) is 0.779. The molecule has 18 heavy (non-hydrogen) atoms. The molecule has 5 nitrogen and oxygen atoms in total. The molecule has 1 aromatic rings. The van der Waals surface area contributed by atoms with E-state index in [4.69, 9.17) is 16.7 Å². The summed E-state index contributed by atoms with van der Waals surface area (Å²) in [4.78, 5) is 10.8. The van der Waals surface area contributed by atoms with Crippen LogP contribution in [0.3, 0.4) is 0 Å². The van der Waals surface area contributed by atoms with Gasteiger partial charge in [0, 0.05) is 6.54 Å². The molecule has 0 radical (unpaired) electrons. The topological polar surface area (TPSA) is 81.0 Å². The van der Waals surface area contributed by atoms with Gasteiger partial charge in [0.05, 0.1) is 22.0 Å². The van der Waals surface area contributed by atoms with Crippen LogP contribution in [0.1, 0.15) is 23.2 Å². The first kappa shape index (κ1) is 13.5. The Hall–Kier alpha value is -0.950. The van der Waals surface area contributed by atoms with Gasteiger partial charge in [-0.25, -0.2) is 4.79 Å². The summed E-state index contributed by atoms with van der Waals surface area (Å²) in [6.45, 7) is 0.533. The van der Waals surface area contributed by atoms with E-state index >= 15 is 0 Å². The van der Waals surface area contributed by atoms with Gasteiger partial charge in [0.15, 0.2) is 0 Å². The second-order valence-corrected chi connectivity index (χ2v) is 6.64. The van der Waals surface area contributed by atoms with Gasteiger partial charge < -0.3 is 5.11 Å². The summed E-state index contributed by atoms with van der Waals surface area (Å²) in [6, 6.07) is 4.39. The van der Waals surface area contributed by atoms with Crippen LogP contribution in [0.15, 0.2) is 18.2 Å².